The zero-order valence-electron chi connectivity index (χ0n) is 9.41. The van der Waals surface area contributed by atoms with E-state index in [0.29, 0.717) is 16.7 Å². The van der Waals surface area contributed by atoms with E-state index in [1.165, 1.54) is 6.07 Å². The lowest BCUT2D eigenvalue weighted by molar-refractivity contribution is 0.512. The van der Waals surface area contributed by atoms with Crippen LogP contribution in [0.15, 0.2) is 45.7 Å². The van der Waals surface area contributed by atoms with Crippen molar-refractivity contribution in [2.75, 3.05) is 7.05 Å². The van der Waals surface area contributed by atoms with Crippen molar-refractivity contribution in [3.63, 3.8) is 0 Å². The van der Waals surface area contributed by atoms with Crippen molar-refractivity contribution in [3.05, 3.63) is 58.2 Å². The minimum absolute atomic E-state index is 0.0278. The Labute approximate surface area is 108 Å². The molecule has 0 aliphatic carbocycles. The van der Waals surface area contributed by atoms with Crippen LogP contribution < -0.4 is 5.32 Å². The molecule has 1 aromatic heterocycles. The van der Waals surface area contributed by atoms with Gasteiger partial charge in [-0.1, -0.05) is 18.2 Å². The predicted octanol–water partition coefficient (Wildman–Crippen LogP) is 3.68. The summed E-state index contributed by atoms with van der Waals surface area (Å²) in [6.45, 7) is 0. The lowest BCUT2D eigenvalue weighted by Gasteiger charge is -2.15. The quantitative estimate of drug-likeness (QED) is 0.931. The first-order chi connectivity index (χ1) is 8.22. The molecule has 0 aliphatic heterocycles. The Morgan fingerprint density at radius 1 is 1.35 bits per heavy atom. The van der Waals surface area contributed by atoms with E-state index in [4.69, 9.17) is 4.42 Å². The molecule has 0 saturated heterocycles. The molecule has 1 atom stereocenters. The summed E-state index contributed by atoms with van der Waals surface area (Å²) < 4.78 is 19.5. The number of benzene rings is 1. The second-order valence-electron chi connectivity index (χ2n) is 3.79. The molecule has 2 rings (SSSR count). The molecular formula is C13H13BrFNO. The molecule has 1 aromatic carbocycles. The molecule has 0 fully saturated rings. The molecule has 0 radical (unpaired) electrons. The van der Waals surface area contributed by atoms with Crippen molar-refractivity contribution < 1.29 is 8.81 Å². The SMILES string of the molecule is CNC(Cc1ccccc1F)c1ccoc1Br. The minimum Gasteiger partial charge on any atom is -0.457 e. The van der Waals surface area contributed by atoms with E-state index >= 15 is 0 Å². The summed E-state index contributed by atoms with van der Waals surface area (Å²) in [7, 11) is 1.85. The molecule has 0 aliphatic rings. The molecule has 0 bridgehead atoms. The van der Waals surface area contributed by atoms with Gasteiger partial charge in [-0.2, -0.15) is 0 Å². The Balaban J connectivity index is 2.22. The Morgan fingerprint density at radius 3 is 2.71 bits per heavy atom. The third-order valence-corrected chi connectivity index (χ3v) is 3.40. The molecular weight excluding hydrogens is 285 g/mol. The van der Waals surface area contributed by atoms with Gasteiger partial charge in [-0.05, 0) is 47.1 Å². The first kappa shape index (κ1) is 12.3. The van der Waals surface area contributed by atoms with Crippen molar-refractivity contribution in [2.45, 2.75) is 12.5 Å². The Morgan fingerprint density at radius 2 is 2.12 bits per heavy atom. The van der Waals surface area contributed by atoms with Crippen LogP contribution in [0.25, 0.3) is 0 Å². The smallest absolute Gasteiger partial charge is 0.173 e. The van der Waals surface area contributed by atoms with Crippen LogP contribution in [0.4, 0.5) is 4.39 Å². The van der Waals surface area contributed by atoms with Crippen molar-refractivity contribution in [1.82, 2.24) is 5.32 Å². The summed E-state index contributed by atoms with van der Waals surface area (Å²) in [6, 6.07) is 8.72. The monoisotopic (exact) mass is 297 g/mol. The third-order valence-electron chi connectivity index (χ3n) is 2.75. The predicted molar refractivity (Wildman–Crippen MR) is 68.3 cm³/mol. The summed E-state index contributed by atoms with van der Waals surface area (Å²) in [5, 5.41) is 3.16. The summed E-state index contributed by atoms with van der Waals surface area (Å²) in [5.41, 5.74) is 1.69. The van der Waals surface area contributed by atoms with Gasteiger partial charge in [0.1, 0.15) is 5.82 Å². The lowest BCUT2D eigenvalue weighted by Crippen LogP contribution is -2.19. The van der Waals surface area contributed by atoms with Gasteiger partial charge in [-0.15, -0.1) is 0 Å². The van der Waals surface area contributed by atoms with E-state index in [1.807, 2.05) is 19.2 Å². The first-order valence-electron chi connectivity index (χ1n) is 5.36. The van der Waals surface area contributed by atoms with E-state index in [-0.39, 0.29) is 11.9 Å². The molecule has 2 aromatic rings. The fraction of sp³-hybridized carbons (Fsp3) is 0.231. The first-order valence-corrected chi connectivity index (χ1v) is 6.15. The van der Waals surface area contributed by atoms with E-state index < -0.39 is 0 Å². The number of hydrogen-bond acceptors (Lipinski definition) is 2. The Hall–Kier alpha value is -1.13. The topological polar surface area (TPSA) is 25.2 Å². The highest BCUT2D eigenvalue weighted by Crippen LogP contribution is 2.27. The summed E-state index contributed by atoms with van der Waals surface area (Å²) in [6.07, 6.45) is 2.20. The molecule has 4 heteroatoms. The number of furan rings is 1. The van der Waals surface area contributed by atoms with E-state index in [1.54, 1.807) is 18.4 Å². The fourth-order valence-corrected chi connectivity index (χ4v) is 2.32. The van der Waals surface area contributed by atoms with Crippen LogP contribution >= 0.6 is 15.9 Å². The van der Waals surface area contributed by atoms with Crippen molar-refractivity contribution in [3.8, 4) is 0 Å². The van der Waals surface area contributed by atoms with Crippen molar-refractivity contribution in [2.24, 2.45) is 0 Å². The van der Waals surface area contributed by atoms with E-state index in [0.717, 1.165) is 5.56 Å². The van der Waals surface area contributed by atoms with Gasteiger partial charge in [-0.3, -0.25) is 0 Å². The largest absolute Gasteiger partial charge is 0.457 e. The van der Waals surface area contributed by atoms with Crippen molar-refractivity contribution >= 4 is 15.9 Å². The van der Waals surface area contributed by atoms with Crippen LogP contribution in [0, 0.1) is 5.82 Å². The summed E-state index contributed by atoms with van der Waals surface area (Å²) in [5.74, 6) is -0.174. The maximum Gasteiger partial charge on any atom is 0.173 e. The molecule has 0 spiro atoms. The van der Waals surface area contributed by atoms with Crippen LogP contribution in [0.5, 0.6) is 0 Å². The number of hydrogen-bond donors (Lipinski definition) is 1. The molecule has 1 heterocycles. The van der Waals surface area contributed by atoms with E-state index in [2.05, 4.69) is 21.2 Å². The number of halogens is 2. The van der Waals surface area contributed by atoms with Gasteiger partial charge in [0.25, 0.3) is 0 Å². The van der Waals surface area contributed by atoms with Gasteiger partial charge in [0.05, 0.1) is 6.26 Å². The summed E-state index contributed by atoms with van der Waals surface area (Å²) in [4.78, 5) is 0. The van der Waals surface area contributed by atoms with Gasteiger partial charge in [0.15, 0.2) is 4.67 Å². The normalized spacial score (nSPS) is 12.6. The standard InChI is InChI=1S/C13H13BrFNO/c1-16-12(10-6-7-17-13(10)14)8-9-4-2-3-5-11(9)15/h2-7,12,16H,8H2,1H3. The molecule has 2 nitrogen and oxygen atoms in total. The van der Waals surface area contributed by atoms with E-state index in [9.17, 15) is 4.39 Å². The second kappa shape index (κ2) is 5.47. The maximum atomic E-state index is 13.6. The number of rotatable bonds is 4. The highest BCUT2D eigenvalue weighted by atomic mass is 79.9. The Kier molecular flexibility index (Phi) is 3.97. The van der Waals surface area contributed by atoms with Gasteiger partial charge < -0.3 is 9.73 Å². The zero-order valence-corrected chi connectivity index (χ0v) is 11.0. The average Bonchev–Trinajstić information content (AvgIpc) is 2.75. The number of nitrogens with one attached hydrogen (secondary N) is 1. The number of likely N-dealkylation sites (N-methyl/N-ethyl adjacent to an activating group) is 1. The lowest BCUT2D eigenvalue weighted by atomic mass is 10.0. The molecule has 0 amide bonds. The molecule has 17 heavy (non-hydrogen) atoms. The van der Waals surface area contributed by atoms with Crippen LogP contribution in [-0.4, -0.2) is 7.05 Å². The zero-order chi connectivity index (χ0) is 12.3. The molecule has 1 unspecified atom stereocenters. The van der Waals surface area contributed by atoms with Gasteiger partial charge in [0, 0.05) is 11.6 Å². The maximum absolute atomic E-state index is 13.6. The van der Waals surface area contributed by atoms with Crippen LogP contribution in [0.1, 0.15) is 17.2 Å². The highest BCUT2D eigenvalue weighted by Gasteiger charge is 2.16. The molecule has 90 valence electrons. The highest BCUT2D eigenvalue weighted by molar-refractivity contribution is 9.10. The van der Waals surface area contributed by atoms with Gasteiger partial charge in [0.2, 0.25) is 0 Å². The molecule has 1 N–H and O–H groups in total. The Bertz CT molecular complexity index is 498. The molecule has 0 saturated carbocycles. The van der Waals surface area contributed by atoms with Gasteiger partial charge in [-0.25, -0.2) is 4.39 Å². The average molecular weight is 298 g/mol. The fourth-order valence-electron chi connectivity index (χ4n) is 1.81. The van der Waals surface area contributed by atoms with Crippen LogP contribution in [0.2, 0.25) is 0 Å². The third kappa shape index (κ3) is 2.76. The minimum atomic E-state index is -0.174. The van der Waals surface area contributed by atoms with Crippen molar-refractivity contribution in [1.29, 1.82) is 0 Å². The summed E-state index contributed by atoms with van der Waals surface area (Å²) >= 11 is 3.34. The van der Waals surface area contributed by atoms with Crippen LogP contribution in [0.3, 0.4) is 0 Å². The van der Waals surface area contributed by atoms with Gasteiger partial charge >= 0.3 is 0 Å². The second-order valence-corrected chi connectivity index (χ2v) is 4.51. The van der Waals surface area contributed by atoms with Crippen LogP contribution in [-0.2, 0) is 6.42 Å².